The maximum atomic E-state index is 14.2. The van der Waals surface area contributed by atoms with Crippen LogP contribution in [0.25, 0.3) is 22.2 Å². The topological polar surface area (TPSA) is 90.0 Å². The van der Waals surface area contributed by atoms with Gasteiger partial charge in [-0.2, -0.15) is 0 Å². The van der Waals surface area contributed by atoms with Crippen molar-refractivity contribution in [2.45, 2.75) is 45.8 Å². The highest BCUT2D eigenvalue weighted by Gasteiger charge is 2.27. The number of ketones is 1. The Morgan fingerprint density at radius 3 is 2.34 bits per heavy atom. The van der Waals surface area contributed by atoms with Gasteiger partial charge in [0.25, 0.3) is 5.91 Å². The summed E-state index contributed by atoms with van der Waals surface area (Å²) in [5, 5.41) is 3.85. The van der Waals surface area contributed by atoms with Crippen LogP contribution in [0.3, 0.4) is 0 Å². The van der Waals surface area contributed by atoms with Gasteiger partial charge in [-0.3, -0.25) is 9.59 Å². The Hall–Kier alpha value is -5.21. The number of amides is 1. The van der Waals surface area contributed by atoms with E-state index in [4.69, 9.17) is 19.2 Å². The van der Waals surface area contributed by atoms with E-state index < -0.39 is 6.04 Å². The van der Waals surface area contributed by atoms with Gasteiger partial charge in [0, 0.05) is 23.9 Å². The van der Waals surface area contributed by atoms with Gasteiger partial charge in [0.2, 0.25) is 0 Å². The summed E-state index contributed by atoms with van der Waals surface area (Å²) in [5.41, 5.74) is 4.53. The highest BCUT2D eigenvalue weighted by molar-refractivity contribution is 6.08. The molecule has 6 rings (SSSR count). The van der Waals surface area contributed by atoms with E-state index in [1.807, 2.05) is 111 Å². The fraction of sp³-hybridized carbons (Fsp3) is 0.310. The van der Waals surface area contributed by atoms with Gasteiger partial charge in [-0.05, 0) is 85.9 Å². The van der Waals surface area contributed by atoms with E-state index >= 15 is 0 Å². The third-order valence-electron chi connectivity index (χ3n) is 8.90. The van der Waals surface area contributed by atoms with Crippen LogP contribution in [0.15, 0.2) is 103 Å². The molecular weight excluding hydrogens is 626 g/mol. The first-order valence-electron chi connectivity index (χ1n) is 17.2. The molecule has 0 aliphatic carbocycles. The zero-order chi connectivity index (χ0) is 35.1. The van der Waals surface area contributed by atoms with Crippen LogP contribution >= 0.6 is 0 Å². The van der Waals surface area contributed by atoms with Gasteiger partial charge in [0.15, 0.2) is 17.3 Å². The third kappa shape index (κ3) is 8.87. The molecule has 8 nitrogen and oxygen atoms in total. The zero-order valence-corrected chi connectivity index (χ0v) is 29.3. The van der Waals surface area contributed by atoms with E-state index in [9.17, 15) is 9.59 Å². The molecule has 1 aliphatic rings. The van der Waals surface area contributed by atoms with Crippen LogP contribution in [-0.4, -0.2) is 61.5 Å². The predicted molar refractivity (Wildman–Crippen MR) is 197 cm³/mol. The molecule has 4 aromatic carbocycles. The van der Waals surface area contributed by atoms with Crippen LogP contribution in [0.2, 0.25) is 0 Å². The number of ether oxygens (including phenoxy) is 3. The van der Waals surface area contributed by atoms with Crippen molar-refractivity contribution in [2.24, 2.45) is 5.41 Å². The first-order valence-corrected chi connectivity index (χ1v) is 17.2. The number of hydrogen-bond donors (Lipinski definition) is 1. The molecule has 1 N–H and O–H groups in total. The summed E-state index contributed by atoms with van der Waals surface area (Å²) in [6.45, 7) is 6.64. The van der Waals surface area contributed by atoms with Gasteiger partial charge in [-0.25, -0.2) is 4.98 Å². The molecule has 0 saturated carbocycles. The summed E-state index contributed by atoms with van der Waals surface area (Å²) in [5.74, 6) is 1.75. The van der Waals surface area contributed by atoms with E-state index in [-0.39, 0.29) is 17.1 Å². The second kappa shape index (κ2) is 15.6. The number of aromatic nitrogens is 1. The van der Waals surface area contributed by atoms with E-state index in [0.29, 0.717) is 72.7 Å². The fourth-order valence-corrected chi connectivity index (χ4v) is 6.46. The van der Waals surface area contributed by atoms with Gasteiger partial charge in [0.05, 0.1) is 22.8 Å². The molecule has 1 aromatic heterocycles. The molecular formula is C42H45N3O5. The van der Waals surface area contributed by atoms with Crippen LogP contribution < -0.4 is 19.5 Å². The first kappa shape index (κ1) is 34.6. The van der Waals surface area contributed by atoms with Crippen LogP contribution in [0.5, 0.6) is 17.2 Å². The Bertz CT molecular complexity index is 1940. The van der Waals surface area contributed by atoms with Crippen molar-refractivity contribution >= 4 is 22.6 Å². The molecule has 1 aliphatic heterocycles. The fourth-order valence-electron chi connectivity index (χ4n) is 6.46. The average molecular weight is 672 g/mol. The van der Waals surface area contributed by atoms with E-state index in [1.54, 1.807) is 6.07 Å². The van der Waals surface area contributed by atoms with Gasteiger partial charge in [-0.15, -0.1) is 0 Å². The summed E-state index contributed by atoms with van der Waals surface area (Å²) in [7, 11) is 4.08. The summed E-state index contributed by atoms with van der Waals surface area (Å²) in [6.07, 6.45) is 1.41. The molecule has 1 atom stereocenters. The van der Waals surface area contributed by atoms with Crippen molar-refractivity contribution < 1.29 is 23.8 Å². The maximum Gasteiger partial charge on any atom is 0.252 e. The Labute approximate surface area is 294 Å². The molecule has 50 heavy (non-hydrogen) atoms. The lowest BCUT2D eigenvalue weighted by atomic mass is 9.85. The SMILES string of the molecule is CN(C)CC(C)(C)CCC(=O)C(Cc1ccc(OCc2ccccc2)cc1)NC(=O)c1cc(-c2ccc3c(c2)OCCO3)nc2ccccc12. The summed E-state index contributed by atoms with van der Waals surface area (Å²) < 4.78 is 17.5. The number of hydrogen-bond acceptors (Lipinski definition) is 7. The molecule has 1 unspecified atom stereocenters. The number of fused-ring (bicyclic) bond motifs is 2. The monoisotopic (exact) mass is 671 g/mol. The van der Waals surface area contributed by atoms with Crippen LogP contribution in [0.1, 0.15) is 48.2 Å². The quantitative estimate of drug-likeness (QED) is 0.131. The first-order chi connectivity index (χ1) is 24.1. The Morgan fingerprint density at radius 1 is 0.860 bits per heavy atom. The molecule has 0 saturated heterocycles. The summed E-state index contributed by atoms with van der Waals surface area (Å²) in [6, 6.07) is 32.1. The largest absolute Gasteiger partial charge is 0.489 e. The number of para-hydroxylation sites is 1. The van der Waals surface area contributed by atoms with Crippen molar-refractivity contribution in [1.82, 2.24) is 15.2 Å². The second-order valence-electron chi connectivity index (χ2n) is 13.9. The Balaban J connectivity index is 1.25. The second-order valence-corrected chi connectivity index (χ2v) is 13.9. The molecule has 0 bridgehead atoms. The van der Waals surface area contributed by atoms with Crippen LogP contribution in [0, 0.1) is 5.41 Å². The normalized spacial score (nSPS) is 13.2. The smallest absolute Gasteiger partial charge is 0.252 e. The number of nitrogens with one attached hydrogen (secondary N) is 1. The molecule has 5 aromatic rings. The van der Waals surface area contributed by atoms with Crippen LogP contribution in [0.4, 0.5) is 0 Å². The van der Waals surface area contributed by atoms with Crippen molar-refractivity contribution in [2.75, 3.05) is 33.9 Å². The highest BCUT2D eigenvalue weighted by atomic mass is 16.6. The minimum atomic E-state index is -0.724. The van der Waals surface area contributed by atoms with Crippen molar-refractivity contribution in [3.63, 3.8) is 0 Å². The maximum absolute atomic E-state index is 14.2. The van der Waals surface area contributed by atoms with E-state index in [0.717, 1.165) is 29.0 Å². The molecule has 258 valence electrons. The van der Waals surface area contributed by atoms with Crippen molar-refractivity contribution in [3.8, 4) is 28.5 Å². The van der Waals surface area contributed by atoms with Gasteiger partial charge >= 0.3 is 0 Å². The molecule has 2 heterocycles. The highest BCUT2D eigenvalue weighted by Crippen LogP contribution is 2.35. The third-order valence-corrected chi connectivity index (χ3v) is 8.90. The van der Waals surface area contributed by atoms with Crippen LogP contribution in [-0.2, 0) is 17.8 Å². The lowest BCUT2D eigenvalue weighted by Crippen LogP contribution is -2.43. The number of carbonyl (C=O) groups is 2. The Morgan fingerprint density at radius 2 is 1.58 bits per heavy atom. The molecule has 0 radical (unpaired) electrons. The molecule has 1 amide bonds. The number of carbonyl (C=O) groups excluding carboxylic acids is 2. The lowest BCUT2D eigenvalue weighted by Gasteiger charge is -2.29. The molecule has 0 fully saturated rings. The predicted octanol–water partition coefficient (Wildman–Crippen LogP) is 7.53. The van der Waals surface area contributed by atoms with Crippen molar-refractivity contribution in [1.29, 1.82) is 0 Å². The standard InChI is InChI=1S/C42H45N3O5/c1-42(2,28-45(3)4)21-20-38(46)37(24-29-14-17-32(18-15-29)50-27-30-10-6-5-7-11-30)44-41(47)34-26-36(43-35-13-9-8-12-33(34)35)31-16-19-39-40(25-31)49-23-22-48-39/h5-19,25-26,37H,20-24,27-28H2,1-4H3,(H,44,47). The number of rotatable bonds is 14. The minimum Gasteiger partial charge on any atom is -0.489 e. The summed E-state index contributed by atoms with van der Waals surface area (Å²) in [4.78, 5) is 35.2. The number of nitrogens with zero attached hydrogens (tertiary/aromatic N) is 2. The number of benzene rings is 4. The van der Waals surface area contributed by atoms with Gasteiger partial charge < -0.3 is 24.4 Å². The van der Waals surface area contributed by atoms with Gasteiger partial charge in [0.1, 0.15) is 25.6 Å². The minimum absolute atomic E-state index is 0.00000596. The molecule has 0 spiro atoms. The Kier molecular flexibility index (Phi) is 10.8. The lowest BCUT2D eigenvalue weighted by molar-refractivity contribution is -0.121. The van der Waals surface area contributed by atoms with E-state index in [1.165, 1.54) is 0 Å². The van der Waals surface area contributed by atoms with Gasteiger partial charge in [-0.1, -0.05) is 74.5 Å². The molecule has 8 heteroatoms. The van der Waals surface area contributed by atoms with E-state index in [2.05, 4.69) is 24.1 Å². The zero-order valence-electron chi connectivity index (χ0n) is 29.3. The average Bonchev–Trinajstić information content (AvgIpc) is 3.12. The summed E-state index contributed by atoms with van der Waals surface area (Å²) >= 11 is 0. The number of Topliss-reactive ketones (excluding diaryl/α,β-unsaturated/α-hetero) is 1. The van der Waals surface area contributed by atoms with Crippen molar-refractivity contribution in [3.05, 3.63) is 120 Å². The number of pyridine rings is 1.